The number of benzene rings is 1. The summed E-state index contributed by atoms with van der Waals surface area (Å²) in [6, 6.07) is 9.52. The van der Waals surface area contributed by atoms with E-state index in [-0.39, 0.29) is 6.03 Å². The van der Waals surface area contributed by atoms with Gasteiger partial charge in [0, 0.05) is 23.8 Å². The summed E-state index contributed by atoms with van der Waals surface area (Å²) in [7, 11) is 0. The van der Waals surface area contributed by atoms with E-state index in [2.05, 4.69) is 22.5 Å². The number of fused-ring (bicyclic) bond motifs is 2. The second-order valence-electron chi connectivity index (χ2n) is 7.47. The van der Waals surface area contributed by atoms with E-state index >= 15 is 0 Å². The highest BCUT2D eigenvalue weighted by Crippen LogP contribution is 2.34. The number of hydrogen-bond acceptors (Lipinski definition) is 2. The Kier molecular flexibility index (Phi) is 5.77. The lowest BCUT2D eigenvalue weighted by atomic mass is 9.81. The fraction of sp³-hybridized carbons (Fsp3) is 0.650. The number of rotatable bonds is 5. The van der Waals surface area contributed by atoms with Gasteiger partial charge in [0.2, 0.25) is 0 Å². The van der Waals surface area contributed by atoms with Crippen molar-refractivity contribution in [2.45, 2.75) is 76.9 Å². The first kappa shape index (κ1) is 17.3. The fourth-order valence-corrected chi connectivity index (χ4v) is 4.38. The van der Waals surface area contributed by atoms with Crippen molar-refractivity contribution in [3.63, 3.8) is 0 Å². The number of anilines is 1. The Bertz CT molecular complexity index is 546. The van der Waals surface area contributed by atoms with Crippen molar-refractivity contribution < 1.29 is 4.79 Å². The summed E-state index contributed by atoms with van der Waals surface area (Å²) in [4.78, 5) is 15.1. The van der Waals surface area contributed by atoms with Gasteiger partial charge in [0.1, 0.15) is 0 Å². The number of nitrogens with one attached hydrogen (secondary N) is 2. The highest BCUT2D eigenvalue weighted by Gasteiger charge is 2.38. The maximum Gasteiger partial charge on any atom is 0.319 e. The first-order chi connectivity index (χ1) is 11.7. The second kappa shape index (κ2) is 8.02. The first-order valence-corrected chi connectivity index (χ1v) is 9.55. The molecule has 2 saturated heterocycles. The third kappa shape index (κ3) is 4.29. The number of aryl methyl sites for hydroxylation is 1. The summed E-state index contributed by atoms with van der Waals surface area (Å²) >= 11 is 0. The molecule has 0 aromatic heterocycles. The minimum Gasteiger partial charge on any atom is -0.335 e. The van der Waals surface area contributed by atoms with E-state index in [1.165, 1.54) is 38.6 Å². The molecule has 0 spiro atoms. The second-order valence-corrected chi connectivity index (χ2v) is 7.47. The van der Waals surface area contributed by atoms with Gasteiger partial charge in [-0.05, 0) is 63.3 Å². The van der Waals surface area contributed by atoms with E-state index < -0.39 is 0 Å². The molecule has 2 bridgehead atoms. The third-order valence-electron chi connectivity index (χ3n) is 5.51. The van der Waals surface area contributed by atoms with Crippen LogP contribution in [0.25, 0.3) is 0 Å². The van der Waals surface area contributed by atoms with Gasteiger partial charge in [-0.1, -0.05) is 31.9 Å². The zero-order valence-corrected chi connectivity index (χ0v) is 15.1. The number of unbranched alkanes of at least 4 members (excludes halogenated alkanes) is 1. The third-order valence-corrected chi connectivity index (χ3v) is 5.51. The molecule has 0 unspecified atom stereocenters. The average Bonchev–Trinajstić information content (AvgIpc) is 2.52. The summed E-state index contributed by atoms with van der Waals surface area (Å²) in [6.45, 7) is 5.53. The molecule has 24 heavy (non-hydrogen) atoms. The summed E-state index contributed by atoms with van der Waals surface area (Å²) < 4.78 is 0. The van der Waals surface area contributed by atoms with E-state index in [4.69, 9.17) is 0 Å². The molecule has 4 nitrogen and oxygen atoms in total. The molecule has 0 radical (unpaired) electrons. The number of hydrogen-bond donors (Lipinski definition) is 2. The highest BCUT2D eigenvalue weighted by molar-refractivity contribution is 5.89. The van der Waals surface area contributed by atoms with E-state index in [0.717, 1.165) is 24.1 Å². The number of piperidine rings is 2. The Labute approximate surface area is 146 Å². The molecule has 1 aromatic rings. The van der Waals surface area contributed by atoms with Crippen LogP contribution in [0.15, 0.2) is 24.3 Å². The number of carbonyl (C=O) groups is 1. The standard InChI is InChI=1S/C20H31N3O/c1-3-4-11-23-18-9-6-10-19(23)14-17(13-18)22-20(24)21-16-8-5-7-15(2)12-16/h5,7-8,12,17-19H,3-4,6,9-11,13-14H2,1-2H3,(H2,21,22,24)/t18-,19-/m0/s1. The van der Waals surface area contributed by atoms with Gasteiger partial charge in [-0.15, -0.1) is 0 Å². The van der Waals surface area contributed by atoms with Crippen molar-refractivity contribution in [2.24, 2.45) is 0 Å². The van der Waals surface area contributed by atoms with Crippen molar-refractivity contribution in [3.05, 3.63) is 29.8 Å². The van der Waals surface area contributed by atoms with Crippen molar-refractivity contribution in [1.29, 1.82) is 0 Å². The Balaban J connectivity index is 1.54. The van der Waals surface area contributed by atoms with Crippen LogP contribution in [0, 0.1) is 6.92 Å². The largest absolute Gasteiger partial charge is 0.335 e. The van der Waals surface area contributed by atoms with E-state index in [1.54, 1.807) is 0 Å². The molecule has 2 amide bonds. The minimum atomic E-state index is -0.0642. The summed E-state index contributed by atoms with van der Waals surface area (Å²) in [5, 5.41) is 6.19. The van der Waals surface area contributed by atoms with Gasteiger partial charge in [-0.3, -0.25) is 4.90 Å². The minimum absolute atomic E-state index is 0.0642. The van der Waals surface area contributed by atoms with Gasteiger partial charge in [-0.2, -0.15) is 0 Å². The molecular weight excluding hydrogens is 298 g/mol. The molecule has 2 heterocycles. The number of carbonyl (C=O) groups excluding carboxylic acids is 1. The predicted molar refractivity (Wildman–Crippen MR) is 99.4 cm³/mol. The van der Waals surface area contributed by atoms with Gasteiger partial charge in [0.05, 0.1) is 0 Å². The van der Waals surface area contributed by atoms with Crippen LogP contribution in [-0.2, 0) is 0 Å². The van der Waals surface area contributed by atoms with Gasteiger partial charge >= 0.3 is 6.03 Å². The number of amides is 2. The van der Waals surface area contributed by atoms with Gasteiger partial charge in [0.25, 0.3) is 0 Å². The van der Waals surface area contributed by atoms with Gasteiger partial charge < -0.3 is 10.6 Å². The van der Waals surface area contributed by atoms with Gasteiger partial charge in [0.15, 0.2) is 0 Å². The molecule has 4 heteroatoms. The van der Waals surface area contributed by atoms with Crippen molar-refractivity contribution in [2.75, 3.05) is 11.9 Å². The van der Waals surface area contributed by atoms with Crippen LogP contribution in [0.5, 0.6) is 0 Å². The van der Waals surface area contributed by atoms with Crippen LogP contribution in [0.2, 0.25) is 0 Å². The van der Waals surface area contributed by atoms with Gasteiger partial charge in [-0.25, -0.2) is 4.79 Å². The Morgan fingerprint density at radius 3 is 2.67 bits per heavy atom. The van der Waals surface area contributed by atoms with E-state index in [9.17, 15) is 4.79 Å². The van der Waals surface area contributed by atoms with Crippen molar-refractivity contribution in [1.82, 2.24) is 10.2 Å². The molecule has 0 aliphatic carbocycles. The zero-order chi connectivity index (χ0) is 16.9. The maximum atomic E-state index is 12.3. The average molecular weight is 329 g/mol. The van der Waals surface area contributed by atoms with Crippen LogP contribution in [0.4, 0.5) is 10.5 Å². The fourth-order valence-electron chi connectivity index (χ4n) is 4.38. The normalized spacial score (nSPS) is 26.8. The molecular formula is C20H31N3O. The van der Waals surface area contributed by atoms with Crippen LogP contribution >= 0.6 is 0 Å². The number of nitrogens with zero attached hydrogens (tertiary/aromatic N) is 1. The lowest BCUT2D eigenvalue weighted by molar-refractivity contribution is 0.0260. The molecule has 2 aliphatic heterocycles. The zero-order valence-electron chi connectivity index (χ0n) is 15.1. The van der Waals surface area contributed by atoms with Crippen molar-refractivity contribution in [3.8, 4) is 0 Å². The smallest absolute Gasteiger partial charge is 0.319 e. The van der Waals surface area contributed by atoms with Crippen LogP contribution in [-0.4, -0.2) is 35.6 Å². The van der Waals surface area contributed by atoms with Crippen LogP contribution in [0.1, 0.15) is 57.4 Å². The van der Waals surface area contributed by atoms with E-state index in [0.29, 0.717) is 18.1 Å². The van der Waals surface area contributed by atoms with Crippen LogP contribution in [0.3, 0.4) is 0 Å². The molecule has 2 atom stereocenters. The highest BCUT2D eigenvalue weighted by atomic mass is 16.2. The molecule has 3 rings (SSSR count). The Hall–Kier alpha value is -1.55. The molecule has 1 aromatic carbocycles. The number of urea groups is 1. The summed E-state index contributed by atoms with van der Waals surface area (Å²) in [5.74, 6) is 0. The SMILES string of the molecule is CCCCN1[C@H]2CCC[C@H]1CC(NC(=O)Nc1cccc(C)c1)C2. The summed E-state index contributed by atoms with van der Waals surface area (Å²) in [5.41, 5.74) is 2.03. The molecule has 2 fully saturated rings. The first-order valence-electron chi connectivity index (χ1n) is 9.55. The Morgan fingerprint density at radius 2 is 2.00 bits per heavy atom. The molecule has 0 saturated carbocycles. The lowest BCUT2D eigenvalue weighted by Crippen LogP contribution is -2.57. The van der Waals surface area contributed by atoms with Crippen LogP contribution < -0.4 is 10.6 Å². The van der Waals surface area contributed by atoms with Crippen molar-refractivity contribution >= 4 is 11.7 Å². The predicted octanol–water partition coefficient (Wildman–Crippen LogP) is 4.30. The molecule has 2 N–H and O–H groups in total. The molecule has 132 valence electrons. The molecule has 2 aliphatic rings. The Morgan fingerprint density at radius 1 is 1.25 bits per heavy atom. The quantitative estimate of drug-likeness (QED) is 0.846. The maximum absolute atomic E-state index is 12.3. The topological polar surface area (TPSA) is 44.4 Å². The summed E-state index contributed by atoms with van der Waals surface area (Å²) in [6.07, 6.45) is 8.67. The lowest BCUT2D eigenvalue weighted by Gasteiger charge is -2.49. The van der Waals surface area contributed by atoms with E-state index in [1.807, 2.05) is 31.2 Å². The monoisotopic (exact) mass is 329 g/mol.